The van der Waals surface area contributed by atoms with Crippen LogP contribution in [0.15, 0.2) is 218 Å². The van der Waals surface area contributed by atoms with Crippen molar-refractivity contribution < 1.29 is 0 Å². The largest absolute Gasteiger partial charge is 0.334 e. The zero-order chi connectivity index (χ0) is 41.9. The van der Waals surface area contributed by atoms with Crippen LogP contribution in [0.1, 0.15) is 60.8 Å². The molecule has 3 unspecified atom stereocenters. The maximum Gasteiger partial charge on any atom is 0.0560 e. The van der Waals surface area contributed by atoms with Crippen LogP contribution in [0.5, 0.6) is 0 Å². The summed E-state index contributed by atoms with van der Waals surface area (Å²) in [5.41, 5.74) is 18.7. The van der Waals surface area contributed by atoms with Gasteiger partial charge in [-0.3, -0.25) is 0 Å². The van der Waals surface area contributed by atoms with Crippen molar-refractivity contribution in [2.75, 3.05) is 4.90 Å². The van der Waals surface area contributed by atoms with Crippen molar-refractivity contribution in [1.82, 2.24) is 4.57 Å². The van der Waals surface area contributed by atoms with Crippen LogP contribution in [0.3, 0.4) is 0 Å². The van der Waals surface area contributed by atoms with Gasteiger partial charge in [0.2, 0.25) is 0 Å². The number of aryl methyl sites for hydroxylation is 1. The normalized spacial score (nSPS) is 19.3. The molecule has 1 aromatic heterocycles. The Morgan fingerprint density at radius 2 is 1.40 bits per heavy atom. The Kier molecular flexibility index (Phi) is 9.33. The lowest BCUT2D eigenvalue weighted by molar-refractivity contribution is 0.676. The summed E-state index contributed by atoms with van der Waals surface area (Å²) >= 11 is 0. The van der Waals surface area contributed by atoms with Gasteiger partial charge in [0.1, 0.15) is 0 Å². The first-order valence-corrected chi connectivity index (χ1v) is 22.9. The first kappa shape index (κ1) is 37.6. The third-order valence-electron chi connectivity index (χ3n) is 14.1. The lowest BCUT2D eigenvalue weighted by Crippen LogP contribution is -2.34. The minimum Gasteiger partial charge on any atom is -0.334 e. The summed E-state index contributed by atoms with van der Waals surface area (Å²) in [6.07, 6.45) is 24.8. The summed E-state index contributed by atoms with van der Waals surface area (Å²) in [6.45, 7) is 2.34. The predicted molar refractivity (Wildman–Crippen MR) is 267 cm³/mol. The molecule has 0 saturated carbocycles. The Balaban J connectivity index is 0.915. The van der Waals surface area contributed by atoms with Gasteiger partial charge in [-0.15, -0.1) is 0 Å². The molecule has 0 N–H and O–H groups in total. The van der Waals surface area contributed by atoms with Crippen LogP contribution in [-0.2, 0) is 6.42 Å². The predicted octanol–water partition coefficient (Wildman–Crippen LogP) is 15.7. The molecule has 0 bridgehead atoms. The van der Waals surface area contributed by atoms with Crippen molar-refractivity contribution in [2.24, 2.45) is 5.92 Å². The van der Waals surface area contributed by atoms with Crippen LogP contribution in [0.2, 0.25) is 0 Å². The van der Waals surface area contributed by atoms with Gasteiger partial charge < -0.3 is 9.47 Å². The van der Waals surface area contributed by atoms with E-state index in [1.54, 1.807) is 5.57 Å². The molecule has 2 nitrogen and oxygen atoms in total. The number of hydrogen-bond donors (Lipinski definition) is 0. The van der Waals surface area contributed by atoms with Gasteiger partial charge in [0.15, 0.2) is 0 Å². The highest BCUT2D eigenvalue weighted by Gasteiger charge is 2.27. The van der Waals surface area contributed by atoms with Gasteiger partial charge in [-0.05, 0) is 136 Å². The molecule has 0 fully saturated rings. The number of hydrogen-bond acceptors (Lipinski definition) is 1. The molecular formula is C61H50N2. The molecule has 0 radical (unpaired) electrons. The van der Waals surface area contributed by atoms with E-state index in [9.17, 15) is 0 Å². The van der Waals surface area contributed by atoms with E-state index in [0.29, 0.717) is 5.92 Å². The van der Waals surface area contributed by atoms with E-state index in [1.807, 2.05) is 0 Å². The summed E-state index contributed by atoms with van der Waals surface area (Å²) in [7, 11) is 0. The maximum atomic E-state index is 2.58. The number of anilines is 1. The van der Waals surface area contributed by atoms with E-state index in [0.717, 1.165) is 19.3 Å². The zero-order valence-electron chi connectivity index (χ0n) is 35.8. The Bertz CT molecular complexity index is 3270. The molecular weight excluding hydrogens is 761 g/mol. The minimum atomic E-state index is 0.163. The van der Waals surface area contributed by atoms with Crippen LogP contribution in [0.4, 0.5) is 5.69 Å². The fourth-order valence-corrected chi connectivity index (χ4v) is 11.0. The average Bonchev–Trinajstić information content (AvgIpc) is 3.69. The molecule has 4 aliphatic rings. The standard InChI is InChI=1S/C61H50N2/c1-41-21-35-55-49(37-41)22-23-50-38-47(29-36-56(50)55)45-26-32-52(33-27-45)62(51-30-24-44(25-31-51)42-11-3-2-4-12-42)53-16-9-15-48(40-53)57-18-10-20-60-61(57)58-17-7-8-19-59(58)63(60)54-34-28-43-13-5-6-14-46(43)39-54/h2-14,16-21,24-32,34-36,38-41,48,52H,15,22-23,33,37H2,1H3. The summed E-state index contributed by atoms with van der Waals surface area (Å²) in [4.78, 5) is 2.58. The van der Waals surface area contributed by atoms with Crippen LogP contribution >= 0.6 is 0 Å². The van der Waals surface area contributed by atoms with Gasteiger partial charge >= 0.3 is 0 Å². The molecule has 63 heavy (non-hydrogen) atoms. The summed E-state index contributed by atoms with van der Waals surface area (Å²) in [5, 5.41) is 5.15. The van der Waals surface area contributed by atoms with Crippen molar-refractivity contribution in [1.29, 1.82) is 0 Å². The van der Waals surface area contributed by atoms with Gasteiger partial charge in [0.05, 0.1) is 17.1 Å². The fraction of sp³-hybridized carbons (Fsp3) is 0.148. The molecule has 1 heterocycles. The van der Waals surface area contributed by atoms with E-state index in [-0.39, 0.29) is 12.0 Å². The first-order chi connectivity index (χ1) is 31.1. The number of aromatic nitrogens is 1. The second-order valence-corrected chi connectivity index (χ2v) is 18.0. The zero-order valence-corrected chi connectivity index (χ0v) is 35.8. The molecule has 8 aromatic rings. The van der Waals surface area contributed by atoms with Crippen LogP contribution in [0, 0.1) is 5.92 Å². The number of nitrogens with zero attached hydrogens (tertiary/aromatic N) is 2. The Labute approximate surface area is 370 Å². The second kappa shape index (κ2) is 15.6. The van der Waals surface area contributed by atoms with Crippen LogP contribution < -0.4 is 4.90 Å². The fourth-order valence-electron chi connectivity index (χ4n) is 11.0. The molecule has 3 atom stereocenters. The number of benzene rings is 7. The first-order valence-electron chi connectivity index (χ1n) is 22.9. The van der Waals surface area contributed by atoms with Crippen molar-refractivity contribution >= 4 is 49.4 Å². The van der Waals surface area contributed by atoms with Crippen molar-refractivity contribution in [2.45, 2.75) is 51.0 Å². The summed E-state index contributed by atoms with van der Waals surface area (Å²) in [6, 6.07) is 58.7. The lowest BCUT2D eigenvalue weighted by Gasteiger charge is -2.36. The molecule has 0 saturated heterocycles. The molecule has 0 aliphatic heterocycles. The SMILES string of the molecule is CC1C=CC2=C(CCc3cc(C4=CCC(N(C5=CC(c6cccc7c6c6ccccc6n7-c6ccc7ccccc7c6)CC=C5)c5ccc(-c6ccccc6)cc5)C=C4)ccc32)C1. The molecule has 0 amide bonds. The van der Waals surface area contributed by atoms with E-state index in [4.69, 9.17) is 0 Å². The van der Waals surface area contributed by atoms with Gasteiger partial charge in [-0.2, -0.15) is 0 Å². The molecule has 0 spiro atoms. The molecule has 12 rings (SSSR count). The highest BCUT2D eigenvalue weighted by molar-refractivity contribution is 6.11. The Morgan fingerprint density at radius 3 is 2.27 bits per heavy atom. The van der Waals surface area contributed by atoms with Gasteiger partial charge in [-0.1, -0.05) is 176 Å². The van der Waals surface area contributed by atoms with Crippen molar-refractivity contribution in [3.05, 3.63) is 240 Å². The summed E-state index contributed by atoms with van der Waals surface area (Å²) in [5.74, 6) is 0.856. The number of rotatable bonds is 7. The summed E-state index contributed by atoms with van der Waals surface area (Å²) < 4.78 is 2.46. The number of fused-ring (bicyclic) bond motifs is 6. The van der Waals surface area contributed by atoms with Gasteiger partial charge in [0.25, 0.3) is 0 Å². The lowest BCUT2D eigenvalue weighted by atomic mass is 9.78. The molecule has 4 aliphatic carbocycles. The van der Waals surface area contributed by atoms with Crippen molar-refractivity contribution in [3.63, 3.8) is 0 Å². The number of para-hydroxylation sites is 1. The van der Waals surface area contributed by atoms with E-state index < -0.39 is 0 Å². The molecule has 304 valence electrons. The van der Waals surface area contributed by atoms with E-state index in [1.165, 1.54) is 107 Å². The van der Waals surface area contributed by atoms with E-state index in [2.05, 4.69) is 223 Å². The monoisotopic (exact) mass is 810 g/mol. The van der Waals surface area contributed by atoms with Crippen LogP contribution in [0.25, 0.3) is 60.5 Å². The van der Waals surface area contributed by atoms with Crippen molar-refractivity contribution in [3.8, 4) is 16.8 Å². The Morgan fingerprint density at radius 1 is 0.603 bits per heavy atom. The van der Waals surface area contributed by atoms with E-state index >= 15 is 0 Å². The smallest absolute Gasteiger partial charge is 0.0560 e. The second-order valence-electron chi connectivity index (χ2n) is 18.0. The van der Waals surface area contributed by atoms with Crippen LogP contribution in [-0.4, -0.2) is 10.6 Å². The van der Waals surface area contributed by atoms with Gasteiger partial charge in [0, 0.05) is 33.8 Å². The third-order valence-corrected chi connectivity index (χ3v) is 14.1. The quantitative estimate of drug-likeness (QED) is 0.156. The maximum absolute atomic E-state index is 2.58. The minimum absolute atomic E-state index is 0.163. The highest BCUT2D eigenvalue weighted by atomic mass is 15.2. The molecule has 2 heteroatoms. The highest BCUT2D eigenvalue weighted by Crippen LogP contribution is 2.43. The third kappa shape index (κ3) is 6.73. The topological polar surface area (TPSA) is 8.17 Å². The molecule has 7 aromatic carbocycles. The average molecular weight is 811 g/mol. The number of allylic oxidation sites excluding steroid dienone is 9. The van der Waals surface area contributed by atoms with Gasteiger partial charge in [-0.25, -0.2) is 0 Å². The Hall–Kier alpha value is -7.16.